The van der Waals surface area contributed by atoms with E-state index in [0.29, 0.717) is 5.02 Å². The predicted octanol–water partition coefficient (Wildman–Crippen LogP) is 5.37. The van der Waals surface area contributed by atoms with Gasteiger partial charge in [0.1, 0.15) is 5.75 Å². The zero-order valence-electron chi connectivity index (χ0n) is 14.7. The Bertz CT molecular complexity index is 1100. The Labute approximate surface area is 170 Å². The average Bonchev–Trinajstić information content (AvgIpc) is 3.46. The summed E-state index contributed by atoms with van der Waals surface area (Å²) in [5, 5.41) is 9.79. The fraction of sp³-hybridized carbons (Fsp3) is 0.190. The Morgan fingerprint density at radius 2 is 1.93 bits per heavy atom. The fourth-order valence-corrected chi connectivity index (χ4v) is 4.85. The molecule has 0 fully saturated rings. The van der Waals surface area contributed by atoms with Crippen LogP contribution in [0.3, 0.4) is 0 Å². The molecular weight excluding hydrogens is 396 g/mol. The molecule has 0 radical (unpaired) electrons. The quantitative estimate of drug-likeness (QED) is 0.569. The Balaban J connectivity index is 1.44. The van der Waals surface area contributed by atoms with E-state index in [1.54, 1.807) is 11.3 Å². The van der Waals surface area contributed by atoms with Crippen molar-refractivity contribution in [1.82, 2.24) is 5.01 Å². The number of thiophene rings is 1. The zero-order chi connectivity index (χ0) is 18.7. The largest absolute Gasteiger partial charge is 0.464 e. The molecule has 28 heavy (non-hydrogen) atoms. The lowest BCUT2D eigenvalue weighted by atomic mass is 9.96. The van der Waals surface area contributed by atoms with Gasteiger partial charge in [-0.1, -0.05) is 17.7 Å². The van der Waals surface area contributed by atoms with Crippen LogP contribution in [0.15, 0.2) is 59.0 Å². The Kier molecular flexibility index (Phi) is 3.58. The van der Waals surface area contributed by atoms with Gasteiger partial charge in [0.05, 0.1) is 16.6 Å². The first-order valence-corrected chi connectivity index (χ1v) is 10.3. The molecule has 0 unspecified atom stereocenters. The highest BCUT2D eigenvalue weighted by molar-refractivity contribution is 7.10. The number of rotatable bonds is 2. The minimum atomic E-state index is -0.245. The second-order valence-electron chi connectivity index (χ2n) is 6.88. The lowest BCUT2D eigenvalue weighted by molar-refractivity contribution is -0.0165. The first-order chi connectivity index (χ1) is 13.8. The maximum atomic E-state index is 6.33. The van der Waals surface area contributed by atoms with Crippen molar-refractivity contribution >= 4 is 28.6 Å². The highest BCUT2D eigenvalue weighted by Gasteiger charge is 2.41. The zero-order valence-corrected chi connectivity index (χ0v) is 16.2. The number of nitrogens with zero attached hydrogens (tertiary/aromatic N) is 2. The summed E-state index contributed by atoms with van der Waals surface area (Å²) >= 11 is 7.95. The molecule has 3 aromatic rings. The maximum Gasteiger partial charge on any atom is 0.231 e. The predicted molar refractivity (Wildman–Crippen MR) is 107 cm³/mol. The van der Waals surface area contributed by atoms with Crippen LogP contribution in [0, 0.1) is 0 Å². The molecular formula is C21H15ClN2O3S. The summed E-state index contributed by atoms with van der Waals surface area (Å²) in [7, 11) is 0. The normalized spacial score (nSPS) is 21.8. The summed E-state index contributed by atoms with van der Waals surface area (Å²) in [6, 6.07) is 16.0. The van der Waals surface area contributed by atoms with Crippen LogP contribution in [0.5, 0.6) is 17.2 Å². The summed E-state index contributed by atoms with van der Waals surface area (Å²) < 4.78 is 17.3. The molecule has 0 bridgehead atoms. The van der Waals surface area contributed by atoms with Gasteiger partial charge >= 0.3 is 0 Å². The van der Waals surface area contributed by atoms with Gasteiger partial charge in [-0.15, -0.1) is 11.3 Å². The average molecular weight is 411 g/mol. The molecule has 5 nitrogen and oxygen atoms in total. The van der Waals surface area contributed by atoms with Crippen LogP contribution in [0.2, 0.25) is 5.02 Å². The van der Waals surface area contributed by atoms with E-state index in [4.69, 9.17) is 30.9 Å². The van der Waals surface area contributed by atoms with Crippen LogP contribution in [-0.4, -0.2) is 17.5 Å². The van der Waals surface area contributed by atoms with Crippen LogP contribution in [0.25, 0.3) is 0 Å². The topological polar surface area (TPSA) is 43.3 Å². The lowest BCUT2D eigenvalue weighted by Crippen LogP contribution is -2.33. The van der Waals surface area contributed by atoms with E-state index in [1.165, 1.54) is 0 Å². The first kappa shape index (κ1) is 16.3. The van der Waals surface area contributed by atoms with Crippen molar-refractivity contribution in [2.24, 2.45) is 5.10 Å². The molecule has 7 heteroatoms. The Morgan fingerprint density at radius 1 is 1.04 bits per heavy atom. The van der Waals surface area contributed by atoms with E-state index in [1.807, 2.05) is 42.5 Å². The highest BCUT2D eigenvalue weighted by atomic mass is 35.5. The van der Waals surface area contributed by atoms with Gasteiger partial charge in [-0.05, 0) is 47.8 Å². The van der Waals surface area contributed by atoms with E-state index >= 15 is 0 Å². The molecule has 0 amide bonds. The van der Waals surface area contributed by atoms with Gasteiger partial charge in [0.2, 0.25) is 13.0 Å². The molecule has 0 aliphatic carbocycles. The van der Waals surface area contributed by atoms with Crippen molar-refractivity contribution in [3.05, 3.63) is 74.9 Å². The summed E-state index contributed by atoms with van der Waals surface area (Å²) in [5.74, 6) is 2.41. The summed E-state index contributed by atoms with van der Waals surface area (Å²) in [6.45, 7) is 0.264. The molecule has 2 atom stereocenters. The molecule has 4 heterocycles. The molecule has 0 spiro atoms. The van der Waals surface area contributed by atoms with Crippen LogP contribution in [0.1, 0.15) is 34.7 Å². The number of hydrogen-bond donors (Lipinski definition) is 0. The van der Waals surface area contributed by atoms with E-state index in [-0.39, 0.29) is 19.1 Å². The number of halogens is 1. The maximum absolute atomic E-state index is 6.33. The summed E-state index contributed by atoms with van der Waals surface area (Å²) in [6.07, 6.45) is 0.531. The minimum Gasteiger partial charge on any atom is -0.464 e. The molecule has 3 aliphatic rings. The van der Waals surface area contributed by atoms with Gasteiger partial charge in [0.15, 0.2) is 11.5 Å². The fourth-order valence-electron chi connectivity index (χ4n) is 3.93. The molecule has 0 saturated carbocycles. The van der Waals surface area contributed by atoms with E-state index in [0.717, 1.165) is 45.4 Å². The van der Waals surface area contributed by atoms with Crippen molar-refractivity contribution in [3.63, 3.8) is 0 Å². The first-order valence-electron chi connectivity index (χ1n) is 9.01. The van der Waals surface area contributed by atoms with E-state index < -0.39 is 0 Å². The number of fused-ring (bicyclic) bond motifs is 4. The SMILES string of the molecule is Clc1ccc2c(c1)[C@@H]1CC(c3ccc4c(c3)OCO4)=NN1[C@@H](c1cccs1)O2. The number of benzene rings is 2. The van der Waals surface area contributed by atoms with Crippen molar-refractivity contribution in [1.29, 1.82) is 0 Å². The molecule has 0 saturated heterocycles. The molecule has 0 N–H and O–H groups in total. The van der Waals surface area contributed by atoms with Crippen LogP contribution in [0.4, 0.5) is 0 Å². The van der Waals surface area contributed by atoms with Crippen LogP contribution < -0.4 is 14.2 Å². The standard InChI is InChI=1S/C21H15ClN2O3S/c22-13-4-6-17-14(9-13)16-10-15(12-3-5-18-19(8-12)26-11-25-18)23-24(16)21(27-17)20-2-1-7-28-20/h1-9,16,21H,10-11H2/t16-,21+/m0/s1. The monoisotopic (exact) mass is 410 g/mol. The third-order valence-electron chi connectivity index (χ3n) is 5.24. The van der Waals surface area contributed by atoms with Crippen LogP contribution in [-0.2, 0) is 0 Å². The lowest BCUT2D eigenvalue weighted by Gasteiger charge is -2.37. The van der Waals surface area contributed by atoms with E-state index in [2.05, 4.69) is 16.5 Å². The van der Waals surface area contributed by atoms with Crippen molar-refractivity contribution in [3.8, 4) is 17.2 Å². The Hall–Kier alpha value is -2.70. The number of hydrogen-bond acceptors (Lipinski definition) is 6. The summed E-state index contributed by atoms with van der Waals surface area (Å²) in [4.78, 5) is 1.13. The second kappa shape index (κ2) is 6.15. The van der Waals surface area contributed by atoms with Gasteiger partial charge < -0.3 is 14.2 Å². The Morgan fingerprint density at radius 3 is 2.82 bits per heavy atom. The van der Waals surface area contributed by atoms with Crippen molar-refractivity contribution < 1.29 is 14.2 Å². The van der Waals surface area contributed by atoms with Gasteiger partial charge in [-0.25, -0.2) is 5.01 Å². The van der Waals surface area contributed by atoms with Crippen molar-refractivity contribution in [2.45, 2.75) is 18.7 Å². The molecule has 2 aromatic carbocycles. The van der Waals surface area contributed by atoms with Gasteiger partial charge in [-0.2, -0.15) is 5.10 Å². The summed E-state index contributed by atoms with van der Waals surface area (Å²) in [5.41, 5.74) is 3.10. The number of hydrazone groups is 1. The van der Waals surface area contributed by atoms with Gasteiger partial charge in [0.25, 0.3) is 0 Å². The molecule has 6 rings (SSSR count). The smallest absolute Gasteiger partial charge is 0.231 e. The molecule has 1 aromatic heterocycles. The van der Waals surface area contributed by atoms with Crippen LogP contribution >= 0.6 is 22.9 Å². The minimum absolute atomic E-state index is 0.0787. The molecule has 3 aliphatic heterocycles. The third kappa shape index (κ3) is 2.48. The second-order valence-corrected chi connectivity index (χ2v) is 8.30. The highest BCUT2D eigenvalue weighted by Crippen LogP contribution is 2.49. The molecule has 140 valence electrons. The third-order valence-corrected chi connectivity index (χ3v) is 6.38. The van der Waals surface area contributed by atoms with Gasteiger partial charge in [-0.3, -0.25) is 0 Å². The van der Waals surface area contributed by atoms with Crippen molar-refractivity contribution in [2.75, 3.05) is 6.79 Å². The van der Waals surface area contributed by atoms with E-state index in [9.17, 15) is 0 Å². The van der Waals surface area contributed by atoms with Gasteiger partial charge in [0, 0.05) is 22.6 Å². The number of ether oxygens (including phenoxy) is 3.